The zero-order valence-electron chi connectivity index (χ0n) is 56.9. The van der Waals surface area contributed by atoms with Crippen molar-refractivity contribution in [3.63, 3.8) is 0 Å². The summed E-state index contributed by atoms with van der Waals surface area (Å²) in [7, 11) is -13.3. The number of ether oxygens (including phenoxy) is 1. The van der Waals surface area contributed by atoms with E-state index in [4.69, 9.17) is 45.5 Å². The Balaban J connectivity index is 0.000000145. The summed E-state index contributed by atoms with van der Waals surface area (Å²) in [4.78, 5) is 23.6. The number of hydrogen-bond donors (Lipinski definition) is 6. The lowest BCUT2D eigenvalue weighted by atomic mass is 10.1. The van der Waals surface area contributed by atoms with Gasteiger partial charge in [-0.25, -0.2) is 82.4 Å². The fourth-order valence-corrected chi connectivity index (χ4v) is 19.0. The van der Waals surface area contributed by atoms with Crippen LogP contribution < -0.4 is 36.1 Å². The smallest absolute Gasteiger partial charge is 0.404 e. The van der Waals surface area contributed by atoms with Crippen molar-refractivity contribution >= 4 is 153 Å². The summed E-state index contributed by atoms with van der Waals surface area (Å²) in [6.07, 6.45) is 6.11. The van der Waals surface area contributed by atoms with E-state index in [1.165, 1.54) is 55.4 Å². The van der Waals surface area contributed by atoms with Gasteiger partial charge in [-0.3, -0.25) is 14.2 Å². The molecule has 3 saturated carbocycles. The molecule has 0 spiro atoms. The molecule has 15 rings (SSSR count). The van der Waals surface area contributed by atoms with Gasteiger partial charge in [-0.1, -0.05) is 112 Å². The molecule has 3 aliphatic carbocycles. The maximum Gasteiger partial charge on any atom is 0.573 e. The third kappa shape index (κ3) is 16.4. The van der Waals surface area contributed by atoms with Crippen LogP contribution in [-0.2, 0) is 36.2 Å². The zero-order chi connectivity index (χ0) is 78.7. The molecule has 3 fully saturated rings. The Morgan fingerprint density at radius 2 is 0.800 bits per heavy atom. The van der Waals surface area contributed by atoms with Gasteiger partial charge >= 0.3 is 12.5 Å². The SMILES string of the molecule is Cc1cc(Br)ccc1S(=O)(=O)Nc1ccc(-c2nn(C3CCCC3)c3ncnc(N)c23)cc1F.Nc1ncnc2c1c(-c1ccc(NS(=O)(=O)c3c(Cl)cc(C(F)(F)F)cc3Cl)c(F)c1)nn2C1CCCC1.Nc1ncnc2c1c(-c1ccc(NS(=O)(=O)c3ccc(Br)cc3OC(F)(F)F)c(F)c1)nn2C1CCCC1. The van der Waals surface area contributed by atoms with Crippen molar-refractivity contribution in [2.75, 3.05) is 31.4 Å². The van der Waals surface area contributed by atoms with Crippen LogP contribution in [0.3, 0.4) is 0 Å². The highest BCUT2D eigenvalue weighted by molar-refractivity contribution is 9.10. The average Bonchev–Trinajstić information content (AvgIpc) is 1.60. The molecule has 6 heterocycles. The Labute approximate surface area is 647 Å². The molecule has 9 N–H and O–H groups in total. The van der Waals surface area contributed by atoms with Crippen molar-refractivity contribution in [3.8, 4) is 39.5 Å². The number of nitrogens with one attached hydrogen (secondary N) is 3. The number of fused-ring (bicyclic) bond motifs is 3. The van der Waals surface area contributed by atoms with E-state index in [1.807, 2.05) is 14.1 Å². The number of nitrogens with two attached hydrogens (primary N) is 3. The molecule has 6 aromatic carbocycles. The summed E-state index contributed by atoms with van der Waals surface area (Å²) in [5, 5.41) is 13.9. The van der Waals surface area contributed by atoms with Crippen LogP contribution in [0.5, 0.6) is 5.75 Å². The third-order valence-corrected chi connectivity index (χ3v) is 24.7. The van der Waals surface area contributed by atoms with Crippen molar-refractivity contribution in [1.82, 2.24) is 59.2 Å². The fraction of sp³-hybridized carbons (Fsp3) is 0.261. The van der Waals surface area contributed by atoms with Crippen LogP contribution in [0.4, 0.5) is 74.0 Å². The lowest BCUT2D eigenvalue weighted by molar-refractivity contribution is -0.275. The van der Waals surface area contributed by atoms with Gasteiger partial charge in [0.05, 0.1) is 71.9 Å². The van der Waals surface area contributed by atoms with Crippen LogP contribution in [0.25, 0.3) is 66.9 Å². The largest absolute Gasteiger partial charge is 0.573 e. The molecule has 0 aliphatic heterocycles. The molecule has 0 amide bonds. The minimum Gasteiger partial charge on any atom is -0.404 e. The summed E-state index contributed by atoms with van der Waals surface area (Å²) in [6.45, 7) is 1.68. The molecule has 576 valence electrons. The molecule has 6 aromatic heterocycles. The number of sulfonamides is 3. The molecule has 110 heavy (non-hydrogen) atoms. The van der Waals surface area contributed by atoms with Gasteiger partial charge in [-0.15, -0.1) is 13.2 Å². The van der Waals surface area contributed by atoms with Crippen LogP contribution in [0.1, 0.15) is 106 Å². The second-order valence-corrected chi connectivity index (χ2v) is 33.3. The maximum absolute atomic E-state index is 15.2. The number of benzene rings is 6. The molecule has 0 bridgehead atoms. The lowest BCUT2D eigenvalue weighted by Crippen LogP contribution is -2.21. The molecule has 0 saturated heterocycles. The van der Waals surface area contributed by atoms with Crippen LogP contribution in [0, 0.1) is 24.4 Å². The van der Waals surface area contributed by atoms with Crippen LogP contribution in [0.2, 0.25) is 10.0 Å². The topological polar surface area (TPSA) is 357 Å². The summed E-state index contributed by atoms with van der Waals surface area (Å²) in [5.74, 6) is -3.09. The normalized spacial score (nSPS) is 14.8. The number of halogens is 13. The highest BCUT2D eigenvalue weighted by Crippen LogP contribution is 2.44. The number of anilines is 6. The summed E-state index contributed by atoms with van der Waals surface area (Å²) in [6, 6.07) is 20.5. The van der Waals surface area contributed by atoms with E-state index in [0.29, 0.717) is 84.6 Å². The van der Waals surface area contributed by atoms with E-state index in [9.17, 15) is 51.6 Å². The third-order valence-electron chi connectivity index (χ3n) is 18.5. The van der Waals surface area contributed by atoms with Crippen molar-refractivity contribution in [3.05, 3.63) is 170 Å². The number of aryl methyl sites for hydroxylation is 1. The van der Waals surface area contributed by atoms with Crippen molar-refractivity contribution < 1.29 is 69.5 Å². The van der Waals surface area contributed by atoms with Crippen LogP contribution in [0.15, 0.2) is 146 Å². The predicted molar refractivity (Wildman–Crippen MR) is 401 cm³/mol. The van der Waals surface area contributed by atoms with Crippen molar-refractivity contribution in [1.29, 1.82) is 0 Å². The van der Waals surface area contributed by atoms with E-state index in [0.717, 1.165) is 118 Å². The first-order valence-electron chi connectivity index (χ1n) is 33.4. The van der Waals surface area contributed by atoms with Gasteiger partial charge in [-0.2, -0.15) is 28.5 Å². The lowest BCUT2D eigenvalue weighted by Gasteiger charge is -2.15. The fourth-order valence-electron chi connectivity index (χ4n) is 13.4. The average molecular weight is 1750 g/mol. The molecule has 0 unspecified atom stereocenters. The number of nitrogens with zero attached hydrogens (tertiary/aromatic N) is 12. The molecule has 0 radical (unpaired) electrons. The number of alkyl halides is 6. The summed E-state index contributed by atoms with van der Waals surface area (Å²) < 4.78 is 217. The van der Waals surface area contributed by atoms with Crippen molar-refractivity contribution in [2.24, 2.45) is 0 Å². The molecule has 25 nitrogen and oxygen atoms in total. The molecular formula is C69H59Br2Cl2F9N18O7S3. The first-order valence-corrected chi connectivity index (χ1v) is 40.1. The second-order valence-electron chi connectivity index (χ2n) is 25.8. The van der Waals surface area contributed by atoms with Gasteiger partial charge in [0, 0.05) is 25.6 Å². The van der Waals surface area contributed by atoms with Crippen molar-refractivity contribution in [2.45, 2.75) is 129 Å². The summed E-state index contributed by atoms with van der Waals surface area (Å²) in [5.41, 5.74) is 20.3. The Morgan fingerprint density at radius 3 is 1.14 bits per heavy atom. The number of nitrogen functional groups attached to an aromatic ring is 3. The highest BCUT2D eigenvalue weighted by atomic mass is 79.9. The van der Waals surface area contributed by atoms with Crippen LogP contribution >= 0.6 is 55.1 Å². The predicted octanol–water partition coefficient (Wildman–Crippen LogP) is 17.4. The van der Waals surface area contributed by atoms with E-state index in [-0.39, 0.29) is 50.6 Å². The molecule has 0 atom stereocenters. The first-order chi connectivity index (χ1) is 52.0. The Morgan fingerprint density at radius 1 is 0.464 bits per heavy atom. The van der Waals surface area contributed by atoms with Gasteiger partial charge in [0.1, 0.15) is 80.8 Å². The molecule has 3 aliphatic rings. The molecule has 41 heteroatoms. The van der Waals surface area contributed by atoms with Gasteiger partial charge in [0.25, 0.3) is 30.1 Å². The maximum atomic E-state index is 15.2. The van der Waals surface area contributed by atoms with Gasteiger partial charge in [0.15, 0.2) is 22.7 Å². The molecular weight excluding hydrogens is 1690 g/mol. The Hall–Kier alpha value is -9.67. The number of rotatable bonds is 16. The number of aromatic nitrogens is 12. The molecule has 12 aromatic rings. The van der Waals surface area contributed by atoms with E-state index in [2.05, 4.69) is 81.4 Å². The number of hydrogen-bond acceptors (Lipinski definition) is 19. The Bertz CT molecular complexity index is 5950. The zero-order valence-corrected chi connectivity index (χ0v) is 64.0. The Kier molecular flexibility index (Phi) is 22.0. The summed E-state index contributed by atoms with van der Waals surface area (Å²) >= 11 is 18.0. The minimum atomic E-state index is -5.14. The van der Waals surface area contributed by atoms with E-state index in [1.54, 1.807) is 34.5 Å². The standard InChI is InChI=1S/C23H19BrF4N6O3S.C23H22BrFN6O2S.C23H18Cl2F4N6O2S/c24-13-6-8-18(17(10-13)37-23(26,27)28)38(35,36)33-16-7-5-12(9-15(16)25)20-19-21(29)30-11-31-22(19)34(32-20)14-3-1-2-4-14;1-13-10-15(24)7-9-19(13)34(32,33)30-18-8-6-14(11-17(18)25)21-20-22(26)27-12-28-23(20)31(29-21)16-4-2-3-5-16;24-14-8-12(23(27,28)29)9-15(25)20(14)38(36,37)34-17-6-5-11(7-16(17)26)19-18-21(30)31-10-32-22(18)35(33-19)13-3-1-2-4-13/h5-11,14,33H,1-4H2,(H2,29,30,31);6-12,16,30H,2-5H2,1H3,(H2,26,27,28);5-10,13,34H,1-4H2,(H2,30,31,32). The van der Waals surface area contributed by atoms with Gasteiger partial charge < -0.3 is 21.9 Å². The monoisotopic (exact) mass is 1750 g/mol. The second kappa shape index (κ2) is 30.9. The highest BCUT2D eigenvalue weighted by Gasteiger charge is 2.37. The minimum absolute atomic E-state index is 0.0744. The quantitative estimate of drug-likeness (QED) is 0.0489. The van der Waals surface area contributed by atoms with E-state index >= 15 is 13.2 Å². The first kappa shape index (κ1) is 78.5. The van der Waals surface area contributed by atoms with Gasteiger partial charge in [0.2, 0.25) is 0 Å². The van der Waals surface area contributed by atoms with E-state index < -0.39 is 103 Å². The van der Waals surface area contributed by atoms with Crippen LogP contribution in [-0.4, -0.2) is 90.9 Å². The van der Waals surface area contributed by atoms with Gasteiger partial charge in [-0.05, 0) is 136 Å².